The van der Waals surface area contributed by atoms with Crippen molar-refractivity contribution >= 4 is 11.7 Å². The van der Waals surface area contributed by atoms with Crippen LogP contribution in [-0.2, 0) is 24.6 Å². The molecule has 2 heterocycles. The van der Waals surface area contributed by atoms with E-state index in [1.807, 2.05) is 0 Å². The van der Waals surface area contributed by atoms with E-state index in [1.165, 1.54) is 11.6 Å². The van der Waals surface area contributed by atoms with E-state index >= 15 is 0 Å². The maximum Gasteiger partial charge on any atom is 0.435 e. The average molecular weight is 287 g/mol. The molecular weight excluding hydrogens is 275 g/mol. The van der Waals surface area contributed by atoms with Crippen LogP contribution in [0.5, 0.6) is 0 Å². The summed E-state index contributed by atoms with van der Waals surface area (Å²) in [5, 5.41) is 9.78. The van der Waals surface area contributed by atoms with E-state index in [0.29, 0.717) is 5.82 Å². The maximum atomic E-state index is 12.5. The number of anilines is 1. The van der Waals surface area contributed by atoms with Crippen LogP contribution in [0.1, 0.15) is 11.4 Å². The summed E-state index contributed by atoms with van der Waals surface area (Å²) in [5.74, 6) is -0.165. The zero-order valence-electron chi connectivity index (χ0n) is 10.8. The minimum atomic E-state index is -4.52. The van der Waals surface area contributed by atoms with Gasteiger partial charge in [0.15, 0.2) is 11.5 Å². The van der Waals surface area contributed by atoms with Crippen molar-refractivity contribution in [1.29, 1.82) is 0 Å². The predicted molar refractivity (Wildman–Crippen MR) is 63.8 cm³/mol. The minimum absolute atomic E-state index is 0.258. The third-order valence-corrected chi connectivity index (χ3v) is 2.55. The van der Waals surface area contributed by atoms with Crippen LogP contribution < -0.4 is 5.32 Å². The summed E-state index contributed by atoms with van der Waals surface area (Å²) in [7, 11) is 1.68. The number of rotatable bonds is 3. The normalized spacial score (nSPS) is 11.7. The molecule has 2 rings (SSSR count). The van der Waals surface area contributed by atoms with E-state index in [9.17, 15) is 18.0 Å². The molecule has 0 aromatic carbocycles. The number of hydrogen-bond acceptors (Lipinski definition) is 3. The first-order chi connectivity index (χ1) is 9.25. The molecule has 9 heteroatoms. The van der Waals surface area contributed by atoms with Crippen LogP contribution in [-0.4, -0.2) is 25.5 Å². The van der Waals surface area contributed by atoms with E-state index in [2.05, 4.69) is 15.5 Å². The molecular formula is C11H12F3N5O. The largest absolute Gasteiger partial charge is 0.435 e. The average Bonchev–Trinajstić information content (AvgIpc) is 2.86. The Morgan fingerprint density at radius 2 is 2.10 bits per heavy atom. The van der Waals surface area contributed by atoms with Gasteiger partial charge >= 0.3 is 6.18 Å². The van der Waals surface area contributed by atoms with Crippen molar-refractivity contribution in [3.8, 4) is 0 Å². The third kappa shape index (κ3) is 3.16. The van der Waals surface area contributed by atoms with Crippen LogP contribution in [0.15, 0.2) is 18.3 Å². The molecule has 0 aliphatic carbocycles. The van der Waals surface area contributed by atoms with Crippen molar-refractivity contribution in [2.75, 3.05) is 5.32 Å². The fourth-order valence-electron chi connectivity index (χ4n) is 1.61. The van der Waals surface area contributed by atoms with Crippen LogP contribution in [0.2, 0.25) is 0 Å². The highest BCUT2D eigenvalue weighted by atomic mass is 19.4. The fourth-order valence-corrected chi connectivity index (χ4v) is 1.61. The summed E-state index contributed by atoms with van der Waals surface area (Å²) in [6.45, 7) is 1.15. The molecule has 1 N–H and O–H groups in total. The van der Waals surface area contributed by atoms with Gasteiger partial charge in [-0.1, -0.05) is 0 Å². The molecule has 0 saturated heterocycles. The van der Waals surface area contributed by atoms with Crippen molar-refractivity contribution in [3.63, 3.8) is 0 Å². The van der Waals surface area contributed by atoms with E-state index < -0.39 is 17.8 Å². The van der Waals surface area contributed by atoms with Crippen molar-refractivity contribution in [3.05, 3.63) is 29.7 Å². The number of carbonyl (C=O) groups excluding carboxylic acids is 1. The Labute approximate surface area is 112 Å². The number of hydrogen-bond donors (Lipinski definition) is 1. The van der Waals surface area contributed by atoms with E-state index in [-0.39, 0.29) is 12.2 Å². The summed E-state index contributed by atoms with van der Waals surface area (Å²) in [4.78, 5) is 11.7. The highest BCUT2D eigenvalue weighted by Gasteiger charge is 2.34. The molecule has 0 saturated carbocycles. The predicted octanol–water partition coefficient (Wildman–Crippen LogP) is 1.58. The smallest absolute Gasteiger partial charge is 0.308 e. The van der Waals surface area contributed by atoms with Gasteiger partial charge in [0, 0.05) is 25.0 Å². The molecule has 20 heavy (non-hydrogen) atoms. The zero-order chi connectivity index (χ0) is 14.9. The SMILES string of the molecule is Cc1cc(C(F)(F)F)nn1CC(=O)Nc1ccn(C)n1. The molecule has 0 fully saturated rings. The van der Waals surface area contributed by atoms with Gasteiger partial charge in [0.25, 0.3) is 0 Å². The standard InChI is InChI=1S/C11H12F3N5O/c1-7-5-8(11(12,13)14)16-19(7)6-10(20)15-9-3-4-18(2)17-9/h3-5H,6H2,1-2H3,(H,15,17,20). The lowest BCUT2D eigenvalue weighted by atomic mass is 10.3. The third-order valence-electron chi connectivity index (χ3n) is 2.55. The lowest BCUT2D eigenvalue weighted by molar-refractivity contribution is -0.141. The van der Waals surface area contributed by atoms with Crippen LogP contribution in [0, 0.1) is 6.92 Å². The molecule has 108 valence electrons. The molecule has 0 spiro atoms. The van der Waals surface area contributed by atoms with Gasteiger partial charge in [-0.05, 0) is 13.0 Å². The second-order valence-corrected chi connectivity index (χ2v) is 4.25. The first-order valence-corrected chi connectivity index (χ1v) is 5.67. The number of aryl methyl sites for hydroxylation is 2. The van der Waals surface area contributed by atoms with Crippen molar-refractivity contribution < 1.29 is 18.0 Å². The first-order valence-electron chi connectivity index (χ1n) is 5.67. The Morgan fingerprint density at radius 3 is 2.60 bits per heavy atom. The zero-order valence-corrected chi connectivity index (χ0v) is 10.8. The van der Waals surface area contributed by atoms with Crippen LogP contribution >= 0.6 is 0 Å². The Morgan fingerprint density at radius 1 is 1.40 bits per heavy atom. The van der Waals surface area contributed by atoms with Gasteiger partial charge in [-0.25, -0.2) is 0 Å². The topological polar surface area (TPSA) is 64.7 Å². The molecule has 0 aliphatic rings. The number of amides is 1. The summed E-state index contributed by atoms with van der Waals surface area (Å²) >= 11 is 0. The number of aromatic nitrogens is 4. The summed E-state index contributed by atoms with van der Waals surface area (Å²) in [6.07, 6.45) is -2.88. The second kappa shape index (κ2) is 4.99. The Hall–Kier alpha value is -2.32. The van der Waals surface area contributed by atoms with Gasteiger partial charge in [-0.3, -0.25) is 14.2 Å². The molecule has 0 atom stereocenters. The fraction of sp³-hybridized carbons (Fsp3) is 0.364. The van der Waals surface area contributed by atoms with Gasteiger partial charge in [0.05, 0.1) is 0 Å². The van der Waals surface area contributed by atoms with Crippen molar-refractivity contribution in [1.82, 2.24) is 19.6 Å². The van der Waals surface area contributed by atoms with E-state index in [0.717, 1.165) is 10.7 Å². The van der Waals surface area contributed by atoms with Gasteiger partial charge in [0.2, 0.25) is 5.91 Å². The molecule has 0 bridgehead atoms. The lowest BCUT2D eigenvalue weighted by Crippen LogP contribution is -2.21. The highest BCUT2D eigenvalue weighted by Crippen LogP contribution is 2.28. The highest BCUT2D eigenvalue weighted by molar-refractivity contribution is 5.89. The van der Waals surface area contributed by atoms with Crippen molar-refractivity contribution in [2.24, 2.45) is 7.05 Å². The Bertz CT molecular complexity index is 628. The quantitative estimate of drug-likeness (QED) is 0.932. The summed E-state index contributed by atoms with van der Waals surface area (Å²) < 4.78 is 39.9. The lowest BCUT2D eigenvalue weighted by Gasteiger charge is -2.04. The Balaban J connectivity index is 2.06. The Kier molecular flexibility index (Phi) is 3.51. The molecule has 1 amide bonds. The second-order valence-electron chi connectivity index (χ2n) is 4.25. The number of carbonyl (C=O) groups is 1. The summed E-state index contributed by atoms with van der Waals surface area (Å²) in [6, 6.07) is 2.48. The monoisotopic (exact) mass is 287 g/mol. The number of halogens is 3. The van der Waals surface area contributed by atoms with Gasteiger partial charge in [0.1, 0.15) is 6.54 Å². The van der Waals surface area contributed by atoms with E-state index in [1.54, 1.807) is 19.3 Å². The molecule has 0 unspecified atom stereocenters. The van der Waals surface area contributed by atoms with Crippen molar-refractivity contribution in [2.45, 2.75) is 19.6 Å². The molecule has 6 nitrogen and oxygen atoms in total. The van der Waals surface area contributed by atoms with Crippen LogP contribution in [0.3, 0.4) is 0 Å². The number of nitrogens with zero attached hydrogens (tertiary/aromatic N) is 4. The van der Waals surface area contributed by atoms with Crippen LogP contribution in [0.4, 0.5) is 19.0 Å². The van der Waals surface area contributed by atoms with E-state index in [4.69, 9.17) is 0 Å². The first kappa shape index (κ1) is 14.1. The molecule has 2 aromatic heterocycles. The number of alkyl halides is 3. The maximum absolute atomic E-state index is 12.5. The number of nitrogens with one attached hydrogen (secondary N) is 1. The van der Waals surface area contributed by atoms with Gasteiger partial charge in [-0.15, -0.1) is 0 Å². The van der Waals surface area contributed by atoms with Gasteiger partial charge < -0.3 is 5.32 Å². The summed E-state index contributed by atoms with van der Waals surface area (Å²) in [5.41, 5.74) is -0.755. The molecule has 0 aliphatic heterocycles. The van der Waals surface area contributed by atoms with Gasteiger partial charge in [-0.2, -0.15) is 23.4 Å². The minimum Gasteiger partial charge on any atom is -0.308 e. The van der Waals surface area contributed by atoms with Crippen LogP contribution in [0.25, 0.3) is 0 Å². The molecule has 0 radical (unpaired) electrons. The molecule has 2 aromatic rings.